The number of rotatable bonds is 9. The fraction of sp³-hybridized carbons (Fsp3) is 0.600. The van der Waals surface area contributed by atoms with E-state index in [1.807, 2.05) is 12.1 Å². The second-order valence-corrected chi connectivity index (χ2v) is 9.70. The molecule has 3 N–H and O–H groups in total. The molecule has 4 rings (SSSR count). The van der Waals surface area contributed by atoms with Crippen LogP contribution in [0.15, 0.2) is 24.3 Å². The lowest BCUT2D eigenvalue weighted by Gasteiger charge is -2.30. The predicted octanol–water partition coefficient (Wildman–Crippen LogP) is 1.69. The lowest BCUT2D eigenvalue weighted by molar-refractivity contribution is -0.158. The van der Waals surface area contributed by atoms with Gasteiger partial charge in [-0.1, -0.05) is 37.8 Å². The zero-order valence-corrected chi connectivity index (χ0v) is 20.3. The average molecular weight is 503 g/mol. The Kier molecular flexibility index (Phi) is 8.63. The highest BCUT2D eigenvalue weighted by molar-refractivity contribution is 5.99. The maximum atomic E-state index is 13.4. The highest BCUT2D eigenvalue weighted by Gasteiger charge is 2.39. The molecule has 11 heteroatoms. The summed E-state index contributed by atoms with van der Waals surface area (Å²) >= 11 is 0. The SMILES string of the molecule is O=CN(O)C[C@@H](CC1CCCC1)C(=O)N1CCC[C@H]1C(=O)NC(=O)NCC1COc2ccccc2O1. The van der Waals surface area contributed by atoms with E-state index in [2.05, 4.69) is 10.6 Å². The van der Waals surface area contributed by atoms with Crippen LogP contribution in [0.1, 0.15) is 44.9 Å². The van der Waals surface area contributed by atoms with Crippen molar-refractivity contribution in [2.45, 2.75) is 57.1 Å². The fourth-order valence-corrected chi connectivity index (χ4v) is 5.32. The van der Waals surface area contributed by atoms with E-state index in [0.717, 1.165) is 25.7 Å². The van der Waals surface area contributed by atoms with Gasteiger partial charge in [0.05, 0.1) is 19.0 Å². The van der Waals surface area contributed by atoms with Crippen molar-refractivity contribution < 1.29 is 33.9 Å². The molecule has 1 saturated heterocycles. The first kappa shape index (κ1) is 25.7. The van der Waals surface area contributed by atoms with Gasteiger partial charge in [0, 0.05) is 6.54 Å². The Morgan fingerprint density at radius 2 is 1.89 bits per heavy atom. The van der Waals surface area contributed by atoms with Gasteiger partial charge in [0.1, 0.15) is 12.6 Å². The molecule has 2 aliphatic heterocycles. The van der Waals surface area contributed by atoms with Crippen molar-refractivity contribution >= 4 is 24.3 Å². The van der Waals surface area contributed by atoms with Crippen molar-refractivity contribution in [2.24, 2.45) is 11.8 Å². The molecule has 2 fully saturated rings. The number of hydrogen-bond acceptors (Lipinski definition) is 7. The lowest BCUT2D eigenvalue weighted by Crippen LogP contribution is -2.53. The van der Waals surface area contributed by atoms with E-state index < -0.39 is 30.0 Å². The van der Waals surface area contributed by atoms with Gasteiger partial charge in [-0.2, -0.15) is 0 Å². The van der Waals surface area contributed by atoms with E-state index in [9.17, 15) is 24.4 Å². The topological polar surface area (TPSA) is 138 Å². The normalized spacial score (nSPS) is 22.1. The number of carbonyl (C=O) groups is 4. The number of nitrogens with one attached hydrogen (secondary N) is 2. The van der Waals surface area contributed by atoms with Crippen LogP contribution in [-0.2, 0) is 14.4 Å². The Bertz CT molecular complexity index is 952. The van der Waals surface area contributed by atoms with Crippen molar-refractivity contribution in [3.63, 3.8) is 0 Å². The second kappa shape index (κ2) is 12.1. The summed E-state index contributed by atoms with van der Waals surface area (Å²) in [6.45, 7) is 0.680. The van der Waals surface area contributed by atoms with Gasteiger partial charge in [-0.05, 0) is 37.3 Å². The molecule has 1 aromatic carbocycles. The van der Waals surface area contributed by atoms with Crippen LogP contribution in [0.4, 0.5) is 4.79 Å². The van der Waals surface area contributed by atoms with Gasteiger partial charge in [-0.3, -0.25) is 24.9 Å². The van der Waals surface area contributed by atoms with Crippen LogP contribution >= 0.6 is 0 Å². The number of nitrogens with zero attached hydrogens (tertiary/aromatic N) is 2. The number of hydrogen-bond donors (Lipinski definition) is 3. The van der Waals surface area contributed by atoms with Gasteiger partial charge in [-0.25, -0.2) is 9.86 Å². The number of amides is 5. The molecule has 0 radical (unpaired) electrons. The molecule has 3 aliphatic rings. The Labute approximate surface area is 210 Å². The van der Waals surface area contributed by atoms with Gasteiger partial charge in [-0.15, -0.1) is 0 Å². The molecule has 11 nitrogen and oxygen atoms in total. The molecule has 0 spiro atoms. The van der Waals surface area contributed by atoms with Gasteiger partial charge in [0.2, 0.25) is 12.3 Å². The van der Waals surface area contributed by atoms with Gasteiger partial charge in [0.25, 0.3) is 5.91 Å². The van der Waals surface area contributed by atoms with Crippen LogP contribution in [0.5, 0.6) is 11.5 Å². The van der Waals surface area contributed by atoms with Crippen LogP contribution in [0.25, 0.3) is 0 Å². The number of imide groups is 1. The van der Waals surface area contributed by atoms with Gasteiger partial charge in [0.15, 0.2) is 17.6 Å². The Morgan fingerprint density at radius 1 is 1.14 bits per heavy atom. The molecule has 1 saturated carbocycles. The van der Waals surface area contributed by atoms with Crippen molar-refractivity contribution in [1.82, 2.24) is 20.6 Å². The Balaban J connectivity index is 1.29. The summed E-state index contributed by atoms with van der Waals surface area (Å²) in [5.74, 6) is 0.167. The highest BCUT2D eigenvalue weighted by atomic mass is 16.6. The highest BCUT2D eigenvalue weighted by Crippen LogP contribution is 2.33. The molecule has 5 amide bonds. The standard InChI is InChI=1S/C25H34N4O7/c30-16-28(34)14-18(12-17-6-1-2-7-17)24(32)29-11-5-8-20(29)23(31)27-25(33)26-13-19-15-35-21-9-3-4-10-22(21)36-19/h3-4,9-10,16-20,34H,1-2,5-8,11-15H2,(H2,26,27,31,33)/t18-,19?,20+/m1/s1. The van der Waals surface area contributed by atoms with E-state index in [1.165, 1.54) is 4.90 Å². The average Bonchev–Trinajstić information content (AvgIpc) is 3.59. The minimum Gasteiger partial charge on any atom is -0.486 e. The Morgan fingerprint density at radius 3 is 2.64 bits per heavy atom. The fourth-order valence-electron chi connectivity index (χ4n) is 5.32. The first-order valence-corrected chi connectivity index (χ1v) is 12.6. The first-order valence-electron chi connectivity index (χ1n) is 12.6. The number of fused-ring (bicyclic) bond motifs is 1. The molecule has 196 valence electrons. The maximum absolute atomic E-state index is 13.4. The van der Waals surface area contributed by atoms with E-state index >= 15 is 0 Å². The number of hydroxylamine groups is 2. The van der Waals surface area contributed by atoms with Gasteiger partial charge < -0.3 is 19.7 Å². The summed E-state index contributed by atoms with van der Waals surface area (Å²) in [6.07, 6.45) is 5.75. The molecule has 1 aromatic rings. The van der Waals surface area contributed by atoms with Crippen LogP contribution < -0.4 is 20.1 Å². The predicted molar refractivity (Wildman–Crippen MR) is 127 cm³/mol. The third-order valence-electron chi connectivity index (χ3n) is 7.10. The van der Waals surface area contributed by atoms with E-state index in [0.29, 0.717) is 48.3 Å². The van der Waals surface area contributed by atoms with Crippen molar-refractivity contribution in [3.05, 3.63) is 24.3 Å². The number of para-hydroxylation sites is 2. The molecule has 36 heavy (non-hydrogen) atoms. The van der Waals surface area contributed by atoms with E-state index in [1.54, 1.807) is 12.1 Å². The molecule has 0 aromatic heterocycles. The van der Waals surface area contributed by atoms with Crippen LogP contribution in [-0.4, -0.2) is 77.8 Å². The number of likely N-dealkylation sites (tertiary alicyclic amines) is 1. The van der Waals surface area contributed by atoms with Crippen LogP contribution in [0, 0.1) is 11.8 Å². The van der Waals surface area contributed by atoms with Gasteiger partial charge >= 0.3 is 6.03 Å². The minimum atomic E-state index is -0.779. The molecule has 1 unspecified atom stereocenters. The quantitative estimate of drug-likeness (QED) is 0.265. The largest absolute Gasteiger partial charge is 0.486 e. The molecule has 1 aliphatic carbocycles. The molecular formula is C25H34N4O7. The van der Waals surface area contributed by atoms with E-state index in [4.69, 9.17) is 9.47 Å². The van der Waals surface area contributed by atoms with Crippen molar-refractivity contribution in [3.8, 4) is 11.5 Å². The first-order chi connectivity index (χ1) is 17.4. The summed E-state index contributed by atoms with van der Waals surface area (Å²) in [6, 6.07) is 5.80. The summed E-state index contributed by atoms with van der Waals surface area (Å²) in [5.41, 5.74) is 0. The molecular weight excluding hydrogens is 468 g/mol. The number of ether oxygens (including phenoxy) is 2. The number of urea groups is 1. The summed E-state index contributed by atoms with van der Waals surface area (Å²) in [5, 5.41) is 15.2. The third-order valence-corrected chi connectivity index (χ3v) is 7.10. The monoisotopic (exact) mass is 502 g/mol. The third kappa shape index (κ3) is 6.45. The summed E-state index contributed by atoms with van der Waals surface area (Å²) < 4.78 is 11.4. The van der Waals surface area contributed by atoms with Crippen molar-refractivity contribution in [1.29, 1.82) is 0 Å². The number of carbonyl (C=O) groups excluding carboxylic acids is 4. The zero-order chi connectivity index (χ0) is 25.5. The second-order valence-electron chi connectivity index (χ2n) is 9.70. The summed E-state index contributed by atoms with van der Waals surface area (Å²) in [7, 11) is 0. The summed E-state index contributed by atoms with van der Waals surface area (Å²) in [4.78, 5) is 51.1. The van der Waals surface area contributed by atoms with Crippen molar-refractivity contribution in [2.75, 3.05) is 26.2 Å². The van der Waals surface area contributed by atoms with Crippen LogP contribution in [0.2, 0.25) is 0 Å². The molecule has 0 bridgehead atoms. The number of benzene rings is 1. The zero-order valence-electron chi connectivity index (χ0n) is 20.3. The van der Waals surface area contributed by atoms with E-state index in [-0.39, 0.29) is 32.0 Å². The maximum Gasteiger partial charge on any atom is 0.321 e. The Hall–Kier alpha value is -3.34. The molecule has 2 heterocycles. The smallest absolute Gasteiger partial charge is 0.321 e. The minimum absolute atomic E-state index is 0.114. The molecule has 3 atom stereocenters. The van der Waals surface area contributed by atoms with Crippen LogP contribution in [0.3, 0.4) is 0 Å². The lowest BCUT2D eigenvalue weighted by atomic mass is 9.91.